The SMILES string of the molecule is COC(=O)CN1CCO[C@H](c2cc(CCOc3ccc(Cl)cc3)n(C)n2)C1. The number of esters is 1. The monoisotopic (exact) mass is 393 g/mol. The Morgan fingerprint density at radius 2 is 2.15 bits per heavy atom. The number of benzene rings is 1. The van der Waals surface area contributed by atoms with Gasteiger partial charge in [-0.2, -0.15) is 5.10 Å². The van der Waals surface area contributed by atoms with Crippen LogP contribution in [0.5, 0.6) is 5.75 Å². The molecule has 2 aromatic rings. The molecule has 1 saturated heterocycles. The van der Waals surface area contributed by atoms with Crippen LogP contribution in [0.15, 0.2) is 30.3 Å². The number of hydrogen-bond acceptors (Lipinski definition) is 6. The number of carbonyl (C=O) groups is 1. The van der Waals surface area contributed by atoms with Gasteiger partial charge in [0.2, 0.25) is 0 Å². The maximum atomic E-state index is 11.5. The van der Waals surface area contributed by atoms with Crippen molar-refractivity contribution in [3.8, 4) is 5.75 Å². The Morgan fingerprint density at radius 3 is 2.89 bits per heavy atom. The number of methoxy groups -OCH3 is 1. The Morgan fingerprint density at radius 1 is 1.37 bits per heavy atom. The number of morpholine rings is 1. The summed E-state index contributed by atoms with van der Waals surface area (Å²) in [4.78, 5) is 13.5. The van der Waals surface area contributed by atoms with E-state index in [-0.39, 0.29) is 18.6 Å². The van der Waals surface area contributed by atoms with Crippen molar-refractivity contribution < 1.29 is 19.0 Å². The highest BCUT2D eigenvalue weighted by molar-refractivity contribution is 6.30. The van der Waals surface area contributed by atoms with E-state index >= 15 is 0 Å². The quantitative estimate of drug-likeness (QED) is 0.672. The van der Waals surface area contributed by atoms with Gasteiger partial charge in [0.15, 0.2) is 0 Å². The Kier molecular flexibility index (Phi) is 6.71. The molecule has 0 saturated carbocycles. The Hall–Kier alpha value is -2.09. The van der Waals surface area contributed by atoms with Gasteiger partial charge in [0.25, 0.3) is 0 Å². The second kappa shape index (κ2) is 9.21. The number of aryl methyl sites for hydroxylation is 1. The summed E-state index contributed by atoms with van der Waals surface area (Å²) in [5.41, 5.74) is 1.93. The molecule has 1 aromatic carbocycles. The van der Waals surface area contributed by atoms with Crippen LogP contribution < -0.4 is 4.74 Å². The minimum atomic E-state index is -0.239. The summed E-state index contributed by atoms with van der Waals surface area (Å²) in [6.07, 6.45) is 0.575. The van der Waals surface area contributed by atoms with E-state index in [4.69, 9.17) is 25.8 Å². The standard InChI is InChI=1S/C19H24ClN3O4/c1-22-15(7-9-26-16-5-3-14(20)4-6-16)11-17(21-22)18-12-23(8-10-27-18)13-19(24)25-2/h3-6,11,18H,7-10,12-13H2,1-2H3/t18-/m0/s1. The highest BCUT2D eigenvalue weighted by Gasteiger charge is 2.26. The predicted octanol–water partition coefficient (Wildman–Crippen LogP) is 2.24. The first-order chi connectivity index (χ1) is 13.0. The van der Waals surface area contributed by atoms with E-state index in [1.54, 1.807) is 12.1 Å². The van der Waals surface area contributed by atoms with E-state index in [0.29, 0.717) is 31.3 Å². The highest BCUT2D eigenvalue weighted by Crippen LogP contribution is 2.22. The normalized spacial score (nSPS) is 17.7. The third-order valence-corrected chi connectivity index (χ3v) is 4.75. The summed E-state index contributed by atoms with van der Waals surface area (Å²) in [5, 5.41) is 5.27. The van der Waals surface area contributed by atoms with Crippen molar-refractivity contribution in [2.75, 3.05) is 40.0 Å². The molecule has 0 spiro atoms. The molecule has 8 heteroatoms. The maximum absolute atomic E-state index is 11.5. The number of aromatic nitrogens is 2. The van der Waals surface area contributed by atoms with Gasteiger partial charge in [-0.25, -0.2) is 0 Å². The zero-order valence-electron chi connectivity index (χ0n) is 15.6. The second-order valence-corrected chi connectivity index (χ2v) is 6.84. The molecular weight excluding hydrogens is 370 g/mol. The van der Waals surface area contributed by atoms with Crippen LogP contribution >= 0.6 is 11.6 Å². The molecule has 0 unspecified atom stereocenters. The molecule has 2 heterocycles. The smallest absolute Gasteiger partial charge is 0.319 e. The van der Waals surface area contributed by atoms with Crippen LogP contribution in [0.4, 0.5) is 0 Å². The predicted molar refractivity (Wildman–Crippen MR) is 101 cm³/mol. The van der Waals surface area contributed by atoms with Crippen molar-refractivity contribution in [1.29, 1.82) is 0 Å². The molecular formula is C19H24ClN3O4. The van der Waals surface area contributed by atoms with Gasteiger partial charge in [0.1, 0.15) is 11.9 Å². The van der Waals surface area contributed by atoms with Gasteiger partial charge >= 0.3 is 5.97 Å². The molecule has 1 aromatic heterocycles. The Labute approximate surface area is 163 Å². The molecule has 0 radical (unpaired) electrons. The summed E-state index contributed by atoms with van der Waals surface area (Å²) in [6.45, 7) is 2.70. The van der Waals surface area contributed by atoms with Crippen molar-refractivity contribution in [3.63, 3.8) is 0 Å². The van der Waals surface area contributed by atoms with Crippen LogP contribution in [0.1, 0.15) is 17.5 Å². The first kappa shape index (κ1) is 19.7. The lowest BCUT2D eigenvalue weighted by molar-refractivity contribution is -0.144. The van der Waals surface area contributed by atoms with Crippen LogP contribution in [0.3, 0.4) is 0 Å². The van der Waals surface area contributed by atoms with Crippen molar-refractivity contribution in [1.82, 2.24) is 14.7 Å². The largest absolute Gasteiger partial charge is 0.493 e. The Bertz CT molecular complexity index is 763. The molecule has 1 atom stereocenters. The van der Waals surface area contributed by atoms with Gasteiger partial charge < -0.3 is 14.2 Å². The second-order valence-electron chi connectivity index (χ2n) is 6.41. The molecule has 0 N–H and O–H groups in total. The zero-order valence-corrected chi connectivity index (χ0v) is 16.3. The average molecular weight is 394 g/mol. The summed E-state index contributed by atoms with van der Waals surface area (Å²) in [7, 11) is 3.31. The van der Waals surface area contributed by atoms with Crippen LogP contribution in [0, 0.1) is 0 Å². The summed E-state index contributed by atoms with van der Waals surface area (Å²) < 4.78 is 18.2. The van der Waals surface area contributed by atoms with Crippen LogP contribution in [0.25, 0.3) is 0 Å². The van der Waals surface area contributed by atoms with E-state index in [9.17, 15) is 4.79 Å². The van der Waals surface area contributed by atoms with Crippen molar-refractivity contribution >= 4 is 17.6 Å². The number of carbonyl (C=O) groups excluding carboxylic acids is 1. The fraction of sp³-hybridized carbons (Fsp3) is 0.474. The molecule has 0 amide bonds. The molecule has 146 valence electrons. The van der Waals surface area contributed by atoms with E-state index in [1.807, 2.05) is 34.8 Å². The lowest BCUT2D eigenvalue weighted by Gasteiger charge is -2.31. The first-order valence-corrected chi connectivity index (χ1v) is 9.25. The number of ether oxygens (including phenoxy) is 3. The van der Waals surface area contributed by atoms with Crippen LogP contribution in [-0.4, -0.2) is 60.6 Å². The summed E-state index contributed by atoms with van der Waals surface area (Å²) >= 11 is 5.88. The summed E-state index contributed by atoms with van der Waals surface area (Å²) in [6, 6.07) is 9.35. The third kappa shape index (κ3) is 5.45. The molecule has 1 fully saturated rings. The molecule has 27 heavy (non-hydrogen) atoms. The van der Waals surface area contributed by atoms with Crippen molar-refractivity contribution in [2.45, 2.75) is 12.5 Å². The number of halogens is 1. The fourth-order valence-electron chi connectivity index (χ4n) is 3.00. The summed E-state index contributed by atoms with van der Waals surface area (Å²) in [5.74, 6) is 0.549. The topological polar surface area (TPSA) is 65.8 Å². The maximum Gasteiger partial charge on any atom is 0.319 e. The van der Waals surface area contributed by atoms with Gasteiger partial charge in [-0.15, -0.1) is 0 Å². The number of hydrogen-bond donors (Lipinski definition) is 0. The first-order valence-electron chi connectivity index (χ1n) is 8.87. The fourth-order valence-corrected chi connectivity index (χ4v) is 3.12. The van der Waals surface area contributed by atoms with Crippen molar-refractivity contribution in [2.24, 2.45) is 7.05 Å². The lowest BCUT2D eigenvalue weighted by atomic mass is 10.2. The highest BCUT2D eigenvalue weighted by atomic mass is 35.5. The lowest BCUT2D eigenvalue weighted by Crippen LogP contribution is -2.41. The number of rotatable bonds is 7. The third-order valence-electron chi connectivity index (χ3n) is 4.50. The molecule has 0 aliphatic carbocycles. The molecule has 3 rings (SSSR count). The zero-order chi connectivity index (χ0) is 19.2. The molecule has 1 aliphatic rings. The average Bonchev–Trinajstić information content (AvgIpc) is 3.04. The number of nitrogens with zero attached hydrogens (tertiary/aromatic N) is 3. The van der Waals surface area contributed by atoms with Gasteiger partial charge in [0.05, 0.1) is 32.6 Å². The van der Waals surface area contributed by atoms with Gasteiger partial charge in [-0.1, -0.05) is 11.6 Å². The molecule has 1 aliphatic heterocycles. The molecule has 0 bridgehead atoms. The van der Waals surface area contributed by atoms with Crippen LogP contribution in [0.2, 0.25) is 5.02 Å². The minimum Gasteiger partial charge on any atom is -0.493 e. The van der Waals surface area contributed by atoms with Gasteiger partial charge in [-0.3, -0.25) is 14.4 Å². The minimum absolute atomic E-state index is 0.152. The van der Waals surface area contributed by atoms with E-state index in [0.717, 1.165) is 23.6 Å². The van der Waals surface area contributed by atoms with Crippen LogP contribution in [-0.2, 0) is 27.7 Å². The van der Waals surface area contributed by atoms with Gasteiger partial charge in [-0.05, 0) is 30.3 Å². The van der Waals surface area contributed by atoms with E-state index < -0.39 is 0 Å². The van der Waals surface area contributed by atoms with Crippen molar-refractivity contribution in [3.05, 3.63) is 46.7 Å². The molecule has 7 nitrogen and oxygen atoms in total. The van der Waals surface area contributed by atoms with E-state index in [1.165, 1.54) is 7.11 Å². The Balaban J connectivity index is 1.55. The van der Waals surface area contributed by atoms with Gasteiger partial charge in [0, 0.05) is 37.3 Å². The van der Waals surface area contributed by atoms with E-state index in [2.05, 4.69) is 5.10 Å².